The minimum absolute atomic E-state index is 0.780. The number of nitrogens with two attached hydrogens (primary N) is 1. The van der Waals surface area contributed by atoms with E-state index in [1.807, 2.05) is 12.1 Å². The van der Waals surface area contributed by atoms with Gasteiger partial charge in [0, 0.05) is 16.8 Å². The number of nitrogen functional groups attached to an aromatic ring is 1. The van der Waals surface area contributed by atoms with Crippen LogP contribution in [0.15, 0.2) is 18.2 Å². The number of benzene rings is 1. The molecule has 1 aliphatic carbocycles. The molecule has 3 rings (SSSR count). The molecule has 0 spiro atoms. The molecule has 0 atom stereocenters. The summed E-state index contributed by atoms with van der Waals surface area (Å²) < 4.78 is 0. The average Bonchev–Trinajstić information content (AvgIpc) is 2.89. The van der Waals surface area contributed by atoms with Crippen molar-refractivity contribution in [2.75, 3.05) is 5.73 Å². The summed E-state index contributed by atoms with van der Waals surface area (Å²) in [4.78, 5) is 0. The summed E-state index contributed by atoms with van der Waals surface area (Å²) in [7, 11) is 0. The molecule has 3 N–H and O–H groups in total. The fraction of sp³-hybridized carbons (Fsp3) is 0.364. The van der Waals surface area contributed by atoms with Crippen LogP contribution in [0.3, 0.4) is 0 Å². The summed E-state index contributed by atoms with van der Waals surface area (Å²) in [5.74, 6) is 0.885. The molecule has 3 nitrogen and oxygen atoms in total. The Morgan fingerprint density at radius 3 is 3.07 bits per heavy atom. The van der Waals surface area contributed by atoms with Gasteiger partial charge in [-0.1, -0.05) is 0 Å². The molecule has 1 aromatic heterocycles. The first kappa shape index (κ1) is 7.85. The molecule has 72 valence electrons. The maximum absolute atomic E-state index is 5.69. The third-order valence-electron chi connectivity index (χ3n) is 2.85. The highest BCUT2D eigenvalue weighted by Gasteiger charge is 2.23. The van der Waals surface area contributed by atoms with E-state index in [0.29, 0.717) is 0 Å². The number of aromatic amines is 1. The summed E-state index contributed by atoms with van der Waals surface area (Å²) in [6.07, 6.45) is 3.88. The number of hydrogen-bond acceptors (Lipinski definition) is 2. The van der Waals surface area contributed by atoms with Crippen molar-refractivity contribution >= 4 is 16.6 Å². The molecule has 3 heteroatoms. The van der Waals surface area contributed by atoms with Gasteiger partial charge in [0.25, 0.3) is 0 Å². The molecular weight excluding hydrogens is 174 g/mol. The van der Waals surface area contributed by atoms with Crippen LogP contribution in [0, 0.1) is 5.92 Å². The number of rotatable bonds is 2. The van der Waals surface area contributed by atoms with E-state index in [9.17, 15) is 0 Å². The van der Waals surface area contributed by atoms with Crippen molar-refractivity contribution in [1.29, 1.82) is 0 Å². The van der Waals surface area contributed by atoms with Gasteiger partial charge in [-0.25, -0.2) is 0 Å². The lowest BCUT2D eigenvalue weighted by atomic mass is 10.1. The highest BCUT2D eigenvalue weighted by atomic mass is 15.1. The van der Waals surface area contributed by atoms with Gasteiger partial charge < -0.3 is 5.73 Å². The average molecular weight is 187 g/mol. The van der Waals surface area contributed by atoms with Gasteiger partial charge in [-0.05, 0) is 43.4 Å². The Hall–Kier alpha value is -1.51. The second kappa shape index (κ2) is 2.74. The molecule has 14 heavy (non-hydrogen) atoms. The third-order valence-corrected chi connectivity index (χ3v) is 2.85. The summed E-state index contributed by atoms with van der Waals surface area (Å²) >= 11 is 0. The van der Waals surface area contributed by atoms with Gasteiger partial charge in [-0.3, -0.25) is 5.10 Å². The summed E-state index contributed by atoms with van der Waals surface area (Å²) in [5.41, 5.74) is 8.73. The Kier molecular flexibility index (Phi) is 1.54. The maximum Gasteiger partial charge on any atom is 0.0944 e. The van der Waals surface area contributed by atoms with Gasteiger partial charge in [0.1, 0.15) is 0 Å². The van der Waals surface area contributed by atoms with Crippen LogP contribution in [0.1, 0.15) is 18.5 Å². The third kappa shape index (κ3) is 1.25. The number of nitrogens with one attached hydrogen (secondary N) is 1. The van der Waals surface area contributed by atoms with Gasteiger partial charge in [0.2, 0.25) is 0 Å². The lowest BCUT2D eigenvalue weighted by Crippen LogP contribution is -1.88. The predicted octanol–water partition coefficient (Wildman–Crippen LogP) is 2.10. The van der Waals surface area contributed by atoms with E-state index in [-0.39, 0.29) is 0 Å². The van der Waals surface area contributed by atoms with E-state index in [1.54, 1.807) is 0 Å². The topological polar surface area (TPSA) is 54.7 Å². The van der Waals surface area contributed by atoms with Crippen molar-refractivity contribution in [2.45, 2.75) is 19.3 Å². The Labute approximate surface area is 82.3 Å². The minimum Gasteiger partial charge on any atom is -0.399 e. The normalized spacial score (nSPS) is 16.3. The number of aromatic nitrogens is 2. The molecule has 0 aliphatic heterocycles. The van der Waals surface area contributed by atoms with Crippen LogP contribution < -0.4 is 5.73 Å². The smallest absolute Gasteiger partial charge is 0.0944 e. The molecule has 0 amide bonds. The highest BCUT2D eigenvalue weighted by molar-refractivity contribution is 5.84. The largest absolute Gasteiger partial charge is 0.399 e. The van der Waals surface area contributed by atoms with E-state index in [4.69, 9.17) is 5.73 Å². The lowest BCUT2D eigenvalue weighted by Gasteiger charge is -1.95. The Balaban J connectivity index is 2.06. The number of H-pyrrole nitrogens is 1. The first-order valence-electron chi connectivity index (χ1n) is 5.05. The molecule has 0 saturated heterocycles. The van der Waals surface area contributed by atoms with Crippen LogP contribution in [-0.4, -0.2) is 10.2 Å². The van der Waals surface area contributed by atoms with E-state index < -0.39 is 0 Å². The fourth-order valence-electron chi connectivity index (χ4n) is 1.85. The van der Waals surface area contributed by atoms with Crippen LogP contribution in [0.25, 0.3) is 10.9 Å². The Morgan fingerprint density at radius 2 is 2.29 bits per heavy atom. The zero-order chi connectivity index (χ0) is 9.54. The number of nitrogens with zero attached hydrogens (tertiary/aromatic N) is 1. The summed E-state index contributed by atoms with van der Waals surface area (Å²) in [6, 6.07) is 5.92. The first-order chi connectivity index (χ1) is 6.83. The summed E-state index contributed by atoms with van der Waals surface area (Å²) in [6.45, 7) is 0. The number of hydrogen-bond donors (Lipinski definition) is 2. The zero-order valence-corrected chi connectivity index (χ0v) is 7.96. The molecule has 0 radical (unpaired) electrons. The quantitative estimate of drug-likeness (QED) is 0.707. The lowest BCUT2D eigenvalue weighted by molar-refractivity contribution is 0.801. The molecule has 1 heterocycles. The van der Waals surface area contributed by atoms with E-state index in [1.165, 1.54) is 23.9 Å². The van der Waals surface area contributed by atoms with Crippen molar-refractivity contribution in [3.05, 3.63) is 23.9 Å². The molecule has 0 unspecified atom stereocenters. The van der Waals surface area contributed by atoms with Crippen molar-refractivity contribution in [3.63, 3.8) is 0 Å². The zero-order valence-electron chi connectivity index (χ0n) is 7.96. The van der Waals surface area contributed by atoms with E-state index in [0.717, 1.165) is 23.5 Å². The van der Waals surface area contributed by atoms with Crippen LogP contribution in [-0.2, 0) is 6.42 Å². The SMILES string of the molecule is Nc1ccc2c(CC3CC3)[nH]nc2c1. The molecular formula is C11H13N3. The molecule has 1 fully saturated rings. The monoisotopic (exact) mass is 187 g/mol. The second-order valence-corrected chi connectivity index (χ2v) is 4.13. The van der Waals surface area contributed by atoms with Crippen LogP contribution in [0.2, 0.25) is 0 Å². The maximum atomic E-state index is 5.69. The Bertz CT molecular complexity index is 468. The molecule has 1 saturated carbocycles. The van der Waals surface area contributed by atoms with Crippen molar-refractivity contribution in [1.82, 2.24) is 10.2 Å². The van der Waals surface area contributed by atoms with Crippen LogP contribution in [0.5, 0.6) is 0 Å². The van der Waals surface area contributed by atoms with Gasteiger partial charge >= 0.3 is 0 Å². The van der Waals surface area contributed by atoms with E-state index >= 15 is 0 Å². The highest BCUT2D eigenvalue weighted by Crippen LogP contribution is 2.33. The molecule has 1 aliphatic rings. The van der Waals surface area contributed by atoms with Crippen molar-refractivity contribution < 1.29 is 0 Å². The first-order valence-corrected chi connectivity index (χ1v) is 5.05. The van der Waals surface area contributed by atoms with E-state index in [2.05, 4.69) is 16.3 Å². The number of anilines is 1. The van der Waals surface area contributed by atoms with Gasteiger partial charge in [-0.2, -0.15) is 5.10 Å². The minimum atomic E-state index is 0.780. The predicted molar refractivity (Wildman–Crippen MR) is 56.9 cm³/mol. The van der Waals surface area contributed by atoms with Crippen LogP contribution in [0.4, 0.5) is 5.69 Å². The standard InChI is InChI=1S/C11H13N3/c12-8-3-4-9-10(5-7-1-2-7)13-14-11(9)6-8/h3-4,6-7H,1-2,5,12H2,(H,13,14). The second-order valence-electron chi connectivity index (χ2n) is 4.13. The molecule has 0 bridgehead atoms. The van der Waals surface area contributed by atoms with Crippen LogP contribution >= 0.6 is 0 Å². The fourth-order valence-corrected chi connectivity index (χ4v) is 1.85. The summed E-state index contributed by atoms with van der Waals surface area (Å²) in [5, 5.41) is 8.59. The molecule has 2 aromatic rings. The van der Waals surface area contributed by atoms with Gasteiger partial charge in [-0.15, -0.1) is 0 Å². The van der Waals surface area contributed by atoms with Gasteiger partial charge in [0.15, 0.2) is 0 Å². The van der Waals surface area contributed by atoms with Crippen molar-refractivity contribution in [3.8, 4) is 0 Å². The molecule has 1 aromatic carbocycles. The number of fused-ring (bicyclic) bond motifs is 1. The Morgan fingerprint density at radius 1 is 1.43 bits per heavy atom. The van der Waals surface area contributed by atoms with Crippen molar-refractivity contribution in [2.24, 2.45) is 5.92 Å². The van der Waals surface area contributed by atoms with Gasteiger partial charge in [0.05, 0.1) is 5.52 Å².